The van der Waals surface area contributed by atoms with E-state index in [4.69, 9.17) is 9.47 Å². The molecule has 0 radical (unpaired) electrons. The molecule has 2 heterocycles. The molecule has 0 saturated carbocycles. The van der Waals surface area contributed by atoms with Crippen molar-refractivity contribution in [3.8, 4) is 0 Å². The first-order valence-electron chi connectivity index (χ1n) is 3.98. The Hall–Kier alpha value is -0.450. The van der Waals surface area contributed by atoms with Gasteiger partial charge in [0.25, 0.3) is 0 Å². The second-order valence-electron chi connectivity index (χ2n) is 2.74. The average molecular weight is 185 g/mol. The predicted molar refractivity (Wildman–Crippen MR) is 46.2 cm³/mol. The normalized spacial score (nSPS) is 18.8. The van der Waals surface area contributed by atoms with Crippen LogP contribution in [0.2, 0.25) is 0 Å². The summed E-state index contributed by atoms with van der Waals surface area (Å²) in [7, 11) is 0. The van der Waals surface area contributed by atoms with Crippen molar-refractivity contribution in [3.05, 3.63) is 16.1 Å². The van der Waals surface area contributed by atoms with Gasteiger partial charge in [0.2, 0.25) is 0 Å². The summed E-state index contributed by atoms with van der Waals surface area (Å²) >= 11 is 1.67. The Kier molecular flexibility index (Phi) is 2.39. The molecule has 1 saturated heterocycles. The molecule has 3 nitrogen and oxygen atoms in total. The minimum absolute atomic E-state index is 0.0378. The molecule has 0 N–H and O–H groups in total. The summed E-state index contributed by atoms with van der Waals surface area (Å²) in [6.07, 6.45) is 0.806. The molecule has 0 aliphatic carbocycles. The zero-order valence-corrected chi connectivity index (χ0v) is 7.76. The molecule has 1 fully saturated rings. The number of hydrogen-bond acceptors (Lipinski definition) is 4. The molecule has 12 heavy (non-hydrogen) atoms. The summed E-state index contributed by atoms with van der Waals surface area (Å²) in [5.41, 5.74) is 2.96. The van der Waals surface area contributed by atoms with Gasteiger partial charge in [-0.15, -0.1) is 11.3 Å². The van der Waals surface area contributed by atoms with Crippen LogP contribution in [0, 0.1) is 6.92 Å². The molecule has 0 aromatic carbocycles. The van der Waals surface area contributed by atoms with Gasteiger partial charge in [0.15, 0.2) is 6.29 Å². The fraction of sp³-hybridized carbons (Fsp3) is 0.625. The lowest BCUT2D eigenvalue weighted by molar-refractivity contribution is -0.0395. The molecular weight excluding hydrogens is 174 g/mol. The summed E-state index contributed by atoms with van der Waals surface area (Å²) in [6, 6.07) is 0. The van der Waals surface area contributed by atoms with Gasteiger partial charge in [-0.05, 0) is 6.92 Å². The van der Waals surface area contributed by atoms with Crippen molar-refractivity contribution < 1.29 is 9.47 Å². The smallest absolute Gasteiger partial charge is 0.162 e. The first kappa shape index (κ1) is 8.16. The van der Waals surface area contributed by atoms with E-state index in [0.29, 0.717) is 0 Å². The first-order valence-corrected chi connectivity index (χ1v) is 4.86. The quantitative estimate of drug-likeness (QED) is 0.697. The van der Waals surface area contributed by atoms with Crippen LogP contribution in [0.5, 0.6) is 0 Å². The fourth-order valence-electron chi connectivity index (χ4n) is 1.20. The Balaban J connectivity index is 1.98. The highest BCUT2D eigenvalue weighted by molar-refractivity contribution is 7.09. The monoisotopic (exact) mass is 185 g/mol. The maximum Gasteiger partial charge on any atom is 0.162 e. The van der Waals surface area contributed by atoms with Gasteiger partial charge in [0.05, 0.1) is 24.4 Å². The predicted octanol–water partition coefficient (Wildman–Crippen LogP) is 1.37. The van der Waals surface area contributed by atoms with Crippen molar-refractivity contribution in [3.63, 3.8) is 0 Å². The Morgan fingerprint density at radius 1 is 1.58 bits per heavy atom. The molecule has 1 aromatic rings. The van der Waals surface area contributed by atoms with E-state index in [2.05, 4.69) is 4.98 Å². The van der Waals surface area contributed by atoms with Gasteiger partial charge >= 0.3 is 0 Å². The molecule has 1 aliphatic heterocycles. The van der Waals surface area contributed by atoms with Crippen LogP contribution in [0.3, 0.4) is 0 Å². The van der Waals surface area contributed by atoms with Crippen molar-refractivity contribution in [1.82, 2.24) is 4.98 Å². The van der Waals surface area contributed by atoms with Gasteiger partial charge in [-0.25, -0.2) is 4.98 Å². The highest BCUT2D eigenvalue weighted by Crippen LogP contribution is 2.18. The third-order valence-corrected chi connectivity index (χ3v) is 2.85. The number of thiazole rings is 1. The summed E-state index contributed by atoms with van der Waals surface area (Å²) in [4.78, 5) is 5.43. The number of rotatable bonds is 2. The molecule has 1 aliphatic rings. The van der Waals surface area contributed by atoms with Crippen LogP contribution in [0.1, 0.15) is 10.6 Å². The summed E-state index contributed by atoms with van der Waals surface area (Å²) in [5.74, 6) is 0. The van der Waals surface area contributed by atoms with E-state index in [-0.39, 0.29) is 6.29 Å². The van der Waals surface area contributed by atoms with Crippen LogP contribution < -0.4 is 0 Å². The summed E-state index contributed by atoms with van der Waals surface area (Å²) < 4.78 is 10.7. The maximum atomic E-state index is 5.34. The zero-order chi connectivity index (χ0) is 8.39. The fourth-order valence-corrected chi connectivity index (χ4v) is 1.99. The van der Waals surface area contributed by atoms with Gasteiger partial charge in [0, 0.05) is 11.3 Å². The van der Waals surface area contributed by atoms with Crippen molar-refractivity contribution in [2.24, 2.45) is 0 Å². The van der Waals surface area contributed by atoms with E-state index >= 15 is 0 Å². The van der Waals surface area contributed by atoms with Gasteiger partial charge in [-0.2, -0.15) is 0 Å². The topological polar surface area (TPSA) is 31.4 Å². The molecule has 0 bridgehead atoms. The number of aryl methyl sites for hydroxylation is 1. The second kappa shape index (κ2) is 3.51. The van der Waals surface area contributed by atoms with E-state index in [1.165, 1.54) is 4.88 Å². The third kappa shape index (κ3) is 1.65. The molecule has 4 heteroatoms. The van der Waals surface area contributed by atoms with Gasteiger partial charge in [0.1, 0.15) is 0 Å². The van der Waals surface area contributed by atoms with Gasteiger partial charge < -0.3 is 9.47 Å². The molecule has 0 amide bonds. The van der Waals surface area contributed by atoms with Crippen LogP contribution in [-0.2, 0) is 15.9 Å². The van der Waals surface area contributed by atoms with Crippen LogP contribution in [-0.4, -0.2) is 24.5 Å². The second-order valence-corrected chi connectivity index (χ2v) is 3.68. The summed E-state index contributed by atoms with van der Waals surface area (Å²) in [5, 5.41) is 0. The van der Waals surface area contributed by atoms with Crippen LogP contribution in [0.25, 0.3) is 0 Å². The molecule has 2 rings (SSSR count). The highest BCUT2D eigenvalue weighted by Gasteiger charge is 2.17. The number of aromatic nitrogens is 1. The van der Waals surface area contributed by atoms with Crippen LogP contribution in [0.15, 0.2) is 5.51 Å². The lowest BCUT2D eigenvalue weighted by Crippen LogP contribution is -2.10. The van der Waals surface area contributed by atoms with E-state index in [0.717, 1.165) is 25.3 Å². The standard InChI is InChI=1S/C8H11NO2S/c1-6-7(12-5-9-6)4-8-10-2-3-11-8/h5,8H,2-4H2,1H3. The number of hydrogen-bond donors (Lipinski definition) is 0. The molecule has 1 aromatic heterocycles. The largest absolute Gasteiger partial charge is 0.350 e. The molecule has 0 spiro atoms. The van der Waals surface area contributed by atoms with Crippen LogP contribution in [0.4, 0.5) is 0 Å². The summed E-state index contributed by atoms with van der Waals surface area (Å²) in [6.45, 7) is 3.46. The van der Waals surface area contributed by atoms with Crippen molar-refractivity contribution in [1.29, 1.82) is 0 Å². The molecule has 0 unspecified atom stereocenters. The minimum atomic E-state index is -0.0378. The van der Waals surface area contributed by atoms with Crippen molar-refractivity contribution in [2.75, 3.05) is 13.2 Å². The Bertz CT molecular complexity index is 255. The number of nitrogens with zero attached hydrogens (tertiary/aromatic N) is 1. The SMILES string of the molecule is Cc1ncsc1CC1OCCO1. The van der Waals surface area contributed by atoms with Gasteiger partial charge in [-0.1, -0.05) is 0 Å². The van der Waals surface area contributed by atoms with E-state index in [9.17, 15) is 0 Å². The minimum Gasteiger partial charge on any atom is -0.350 e. The maximum absolute atomic E-state index is 5.34. The highest BCUT2D eigenvalue weighted by atomic mass is 32.1. The Morgan fingerprint density at radius 3 is 2.92 bits per heavy atom. The van der Waals surface area contributed by atoms with Crippen LogP contribution >= 0.6 is 11.3 Å². The zero-order valence-electron chi connectivity index (χ0n) is 6.95. The molecular formula is C8H11NO2S. The average Bonchev–Trinajstić information content (AvgIpc) is 2.65. The third-order valence-electron chi connectivity index (χ3n) is 1.89. The van der Waals surface area contributed by atoms with E-state index < -0.39 is 0 Å². The molecule has 0 atom stereocenters. The Morgan fingerprint density at radius 2 is 2.33 bits per heavy atom. The van der Waals surface area contributed by atoms with E-state index in [1.54, 1.807) is 11.3 Å². The lowest BCUT2D eigenvalue weighted by Gasteiger charge is -2.06. The lowest BCUT2D eigenvalue weighted by atomic mass is 10.3. The van der Waals surface area contributed by atoms with Crippen molar-refractivity contribution in [2.45, 2.75) is 19.6 Å². The number of ether oxygens (including phenoxy) is 2. The van der Waals surface area contributed by atoms with Gasteiger partial charge in [-0.3, -0.25) is 0 Å². The first-order chi connectivity index (χ1) is 5.86. The van der Waals surface area contributed by atoms with Crippen molar-refractivity contribution >= 4 is 11.3 Å². The molecule has 66 valence electrons. The Labute approximate surface area is 75.3 Å². The van der Waals surface area contributed by atoms with E-state index in [1.807, 2.05) is 12.4 Å².